The standard InChI is InChI=1S/C23H29N5O/c1-3-29-18(2)28-22-7-5-4-6-20(22)21(16-24)23(28)17-26-12-14-27(15-13-26)19-8-10-25-11-9-19/h4-11,18,21,23H,3,12-15,17H2,1-2H3. The Kier molecular flexibility index (Phi) is 5.98. The average molecular weight is 392 g/mol. The van der Waals surface area contributed by atoms with E-state index < -0.39 is 0 Å². The SMILES string of the molecule is CCOC(C)N1c2ccccc2C(C#N)C1CN1CCN(c2ccncc2)CC1. The first-order valence-electron chi connectivity index (χ1n) is 10.5. The first-order valence-corrected chi connectivity index (χ1v) is 10.5. The van der Waals surface area contributed by atoms with Gasteiger partial charge < -0.3 is 14.5 Å². The van der Waals surface area contributed by atoms with Crippen LogP contribution < -0.4 is 9.80 Å². The zero-order valence-electron chi connectivity index (χ0n) is 17.2. The molecule has 2 aliphatic rings. The minimum absolute atomic E-state index is 0.0531. The van der Waals surface area contributed by atoms with Gasteiger partial charge in [-0.25, -0.2) is 0 Å². The smallest absolute Gasteiger partial charge is 0.127 e. The fraction of sp³-hybridized carbons (Fsp3) is 0.478. The van der Waals surface area contributed by atoms with E-state index in [2.05, 4.69) is 63.0 Å². The number of ether oxygens (including phenoxy) is 1. The summed E-state index contributed by atoms with van der Waals surface area (Å²) in [7, 11) is 0. The van der Waals surface area contributed by atoms with Crippen molar-refractivity contribution < 1.29 is 4.74 Å². The van der Waals surface area contributed by atoms with Gasteiger partial charge in [-0.2, -0.15) is 5.26 Å². The molecule has 2 aromatic rings. The van der Waals surface area contributed by atoms with Crippen LogP contribution in [-0.2, 0) is 4.74 Å². The second-order valence-corrected chi connectivity index (χ2v) is 7.69. The number of aromatic nitrogens is 1. The lowest BCUT2D eigenvalue weighted by Gasteiger charge is -2.40. The minimum Gasteiger partial charge on any atom is -0.369 e. The van der Waals surface area contributed by atoms with Crippen LogP contribution in [0, 0.1) is 11.3 Å². The normalized spacial score (nSPS) is 22.9. The maximum atomic E-state index is 9.98. The molecule has 6 heteroatoms. The predicted molar refractivity (Wildman–Crippen MR) is 115 cm³/mol. The van der Waals surface area contributed by atoms with Crippen LogP contribution in [0.2, 0.25) is 0 Å². The third-order valence-electron chi connectivity index (χ3n) is 6.08. The van der Waals surface area contributed by atoms with Gasteiger partial charge in [0.2, 0.25) is 0 Å². The number of piperazine rings is 1. The molecule has 0 aliphatic carbocycles. The van der Waals surface area contributed by atoms with Crippen LogP contribution in [-0.4, -0.2) is 61.5 Å². The van der Waals surface area contributed by atoms with E-state index in [9.17, 15) is 5.26 Å². The van der Waals surface area contributed by atoms with Gasteiger partial charge >= 0.3 is 0 Å². The van der Waals surface area contributed by atoms with Gasteiger partial charge in [-0.1, -0.05) is 18.2 Å². The number of nitrogens with zero attached hydrogens (tertiary/aromatic N) is 5. The van der Waals surface area contributed by atoms with Crippen molar-refractivity contribution in [3.63, 3.8) is 0 Å². The van der Waals surface area contributed by atoms with Gasteiger partial charge in [0.25, 0.3) is 0 Å². The maximum absolute atomic E-state index is 9.98. The van der Waals surface area contributed by atoms with Crippen molar-refractivity contribution in [2.45, 2.75) is 32.0 Å². The lowest BCUT2D eigenvalue weighted by Crippen LogP contribution is -2.53. The van der Waals surface area contributed by atoms with E-state index in [1.54, 1.807) is 0 Å². The summed E-state index contributed by atoms with van der Waals surface area (Å²) >= 11 is 0. The largest absolute Gasteiger partial charge is 0.369 e. The van der Waals surface area contributed by atoms with Crippen molar-refractivity contribution >= 4 is 11.4 Å². The van der Waals surface area contributed by atoms with Crippen LogP contribution in [0.25, 0.3) is 0 Å². The highest BCUT2D eigenvalue weighted by Crippen LogP contribution is 2.42. The summed E-state index contributed by atoms with van der Waals surface area (Å²) in [6.07, 6.45) is 3.65. The number of rotatable bonds is 6. The average Bonchev–Trinajstić information content (AvgIpc) is 3.08. The molecular formula is C23H29N5O. The molecule has 0 N–H and O–H groups in total. The van der Waals surface area contributed by atoms with Crippen molar-refractivity contribution in [2.24, 2.45) is 0 Å². The zero-order chi connectivity index (χ0) is 20.2. The Morgan fingerprint density at radius 3 is 2.55 bits per heavy atom. The molecule has 0 bridgehead atoms. The van der Waals surface area contributed by atoms with Crippen LogP contribution >= 0.6 is 0 Å². The fourth-order valence-electron chi connectivity index (χ4n) is 4.68. The second kappa shape index (κ2) is 8.81. The summed E-state index contributed by atoms with van der Waals surface area (Å²) in [4.78, 5) is 11.3. The second-order valence-electron chi connectivity index (χ2n) is 7.69. The highest BCUT2D eigenvalue weighted by molar-refractivity contribution is 5.64. The summed E-state index contributed by atoms with van der Waals surface area (Å²) in [5.74, 6) is -0.132. The molecule has 0 radical (unpaired) electrons. The lowest BCUT2D eigenvalue weighted by atomic mass is 9.96. The van der Waals surface area contributed by atoms with E-state index in [1.165, 1.54) is 5.69 Å². The van der Waals surface area contributed by atoms with E-state index in [0.29, 0.717) is 6.61 Å². The Morgan fingerprint density at radius 1 is 1.14 bits per heavy atom. The monoisotopic (exact) mass is 391 g/mol. The van der Waals surface area contributed by atoms with Crippen LogP contribution in [0.5, 0.6) is 0 Å². The topological polar surface area (TPSA) is 55.6 Å². The molecular weight excluding hydrogens is 362 g/mol. The Bertz CT molecular complexity index is 844. The molecule has 3 unspecified atom stereocenters. The van der Waals surface area contributed by atoms with Gasteiger partial charge in [0.05, 0.1) is 18.0 Å². The first kappa shape index (κ1) is 19.7. The van der Waals surface area contributed by atoms with E-state index in [-0.39, 0.29) is 18.2 Å². The molecule has 152 valence electrons. The Balaban J connectivity index is 1.49. The van der Waals surface area contributed by atoms with Crippen LogP contribution in [0.4, 0.5) is 11.4 Å². The van der Waals surface area contributed by atoms with E-state index in [4.69, 9.17) is 4.74 Å². The molecule has 0 saturated carbocycles. The van der Waals surface area contributed by atoms with Crippen molar-refractivity contribution in [1.82, 2.24) is 9.88 Å². The highest BCUT2D eigenvalue weighted by atomic mass is 16.5. The number of anilines is 2. The Hall–Kier alpha value is -2.62. The predicted octanol–water partition coefficient (Wildman–Crippen LogP) is 3.08. The number of fused-ring (bicyclic) bond motifs is 1. The van der Waals surface area contributed by atoms with Crippen LogP contribution in [0.15, 0.2) is 48.8 Å². The first-order chi connectivity index (χ1) is 14.2. The molecule has 6 nitrogen and oxygen atoms in total. The molecule has 1 fully saturated rings. The van der Waals surface area contributed by atoms with Crippen molar-refractivity contribution in [2.75, 3.05) is 49.1 Å². The number of benzene rings is 1. The summed E-state index contributed by atoms with van der Waals surface area (Å²) in [5.41, 5.74) is 3.50. The molecule has 3 heterocycles. The number of pyridine rings is 1. The van der Waals surface area contributed by atoms with E-state index in [0.717, 1.165) is 44.0 Å². The van der Waals surface area contributed by atoms with Crippen molar-refractivity contribution in [3.8, 4) is 6.07 Å². The minimum atomic E-state index is -0.132. The molecule has 0 amide bonds. The zero-order valence-corrected chi connectivity index (χ0v) is 17.2. The van der Waals surface area contributed by atoms with Gasteiger partial charge in [-0.05, 0) is 37.6 Å². The molecule has 4 rings (SSSR count). The Morgan fingerprint density at radius 2 is 1.86 bits per heavy atom. The summed E-state index contributed by atoms with van der Waals surface area (Å²) in [5, 5.41) is 9.98. The fourth-order valence-corrected chi connectivity index (χ4v) is 4.68. The van der Waals surface area contributed by atoms with Crippen molar-refractivity contribution in [3.05, 3.63) is 54.4 Å². The summed E-state index contributed by atoms with van der Waals surface area (Å²) in [6.45, 7) is 9.60. The molecule has 2 aliphatic heterocycles. The molecule has 3 atom stereocenters. The third kappa shape index (κ3) is 3.93. The number of nitriles is 1. The van der Waals surface area contributed by atoms with E-state index >= 15 is 0 Å². The lowest BCUT2D eigenvalue weighted by molar-refractivity contribution is 0.0646. The highest BCUT2D eigenvalue weighted by Gasteiger charge is 2.42. The summed E-state index contributed by atoms with van der Waals surface area (Å²) in [6, 6.07) is 15.1. The third-order valence-corrected chi connectivity index (χ3v) is 6.08. The molecule has 0 spiro atoms. The number of hydrogen-bond acceptors (Lipinski definition) is 6. The molecule has 29 heavy (non-hydrogen) atoms. The quantitative estimate of drug-likeness (QED) is 0.754. The van der Waals surface area contributed by atoms with E-state index in [1.807, 2.05) is 25.4 Å². The van der Waals surface area contributed by atoms with Gasteiger partial charge in [0.1, 0.15) is 6.23 Å². The Labute approximate surface area is 173 Å². The number of para-hydroxylation sites is 1. The summed E-state index contributed by atoms with van der Waals surface area (Å²) < 4.78 is 5.95. The van der Waals surface area contributed by atoms with Gasteiger partial charge in [0, 0.05) is 63.1 Å². The van der Waals surface area contributed by atoms with Crippen molar-refractivity contribution in [1.29, 1.82) is 5.26 Å². The van der Waals surface area contributed by atoms with Gasteiger partial charge in [-0.15, -0.1) is 0 Å². The molecule has 1 aromatic carbocycles. The maximum Gasteiger partial charge on any atom is 0.127 e. The number of hydrogen-bond donors (Lipinski definition) is 0. The van der Waals surface area contributed by atoms with Gasteiger partial charge in [-0.3, -0.25) is 9.88 Å². The van der Waals surface area contributed by atoms with Crippen LogP contribution in [0.1, 0.15) is 25.3 Å². The van der Waals surface area contributed by atoms with Gasteiger partial charge in [0.15, 0.2) is 0 Å². The van der Waals surface area contributed by atoms with Crippen LogP contribution in [0.3, 0.4) is 0 Å². The molecule has 1 saturated heterocycles. The molecule has 1 aromatic heterocycles.